The molecule has 0 aromatic heterocycles. The Labute approximate surface area is 171 Å². The predicted molar refractivity (Wildman–Crippen MR) is 123 cm³/mol. The number of allylic oxidation sites excluding steroid dienone is 1. The summed E-state index contributed by atoms with van der Waals surface area (Å²) in [5, 5.41) is 0. The van der Waals surface area contributed by atoms with Gasteiger partial charge in [0, 0.05) is 0 Å². The highest BCUT2D eigenvalue weighted by Crippen LogP contribution is 2.25. The molecule has 0 saturated heterocycles. The van der Waals surface area contributed by atoms with E-state index in [1.807, 2.05) is 0 Å². The molecule has 25 heavy (non-hydrogen) atoms. The van der Waals surface area contributed by atoms with Gasteiger partial charge in [-0.1, -0.05) is 113 Å². The van der Waals surface area contributed by atoms with E-state index in [0.29, 0.717) is 5.41 Å². The minimum absolute atomic E-state index is 0.483. The predicted octanol–water partition coefficient (Wildman–Crippen LogP) is 8.97. The first kappa shape index (κ1) is 22.7. The second-order valence-electron chi connectivity index (χ2n) is 8.62. The first-order valence-corrected chi connectivity index (χ1v) is 11.6. The van der Waals surface area contributed by atoms with E-state index in [-0.39, 0.29) is 0 Å². The molecule has 0 saturated carbocycles. The van der Waals surface area contributed by atoms with E-state index >= 15 is 0 Å². The number of unbranched alkanes of at least 4 members (excludes halogenated alkanes) is 6. The zero-order valence-corrected chi connectivity index (χ0v) is 19.2. The molecule has 0 aliphatic carbocycles. The van der Waals surface area contributed by atoms with E-state index in [4.69, 9.17) is 0 Å². The van der Waals surface area contributed by atoms with Crippen LogP contribution in [0.15, 0.2) is 28.3 Å². The van der Waals surface area contributed by atoms with Gasteiger partial charge in [-0.15, -0.1) is 0 Å². The molecule has 0 atom stereocenters. The lowest BCUT2D eigenvalue weighted by molar-refractivity contribution is 0.358. The van der Waals surface area contributed by atoms with Crippen molar-refractivity contribution >= 4 is 28.2 Å². The summed E-state index contributed by atoms with van der Waals surface area (Å²) in [6.45, 7) is 9.31. The molecular weight excluding hydrogens is 415 g/mol. The van der Waals surface area contributed by atoms with Crippen molar-refractivity contribution in [3.05, 3.63) is 39.5 Å². The Morgan fingerprint density at radius 1 is 0.960 bits per heavy atom. The zero-order chi connectivity index (χ0) is 18.5. The van der Waals surface area contributed by atoms with Crippen LogP contribution in [0.3, 0.4) is 0 Å². The molecule has 0 spiro atoms. The fourth-order valence-electron chi connectivity index (χ4n) is 3.27. The van der Waals surface area contributed by atoms with Crippen LogP contribution in [0.1, 0.15) is 103 Å². The van der Waals surface area contributed by atoms with E-state index in [9.17, 15) is 0 Å². The summed E-state index contributed by atoms with van der Waals surface area (Å²) in [5.74, 6) is 0. The van der Waals surface area contributed by atoms with Gasteiger partial charge in [0.05, 0.1) is 0 Å². The molecule has 0 unspecified atom stereocenters. The van der Waals surface area contributed by atoms with E-state index in [1.54, 1.807) is 0 Å². The van der Waals surface area contributed by atoms with Gasteiger partial charge in [-0.05, 0) is 58.3 Å². The third kappa shape index (κ3) is 11.1. The minimum atomic E-state index is 0.483. The number of hydrogen-bond acceptors (Lipinski definition) is 0. The van der Waals surface area contributed by atoms with E-state index in [0.717, 1.165) is 0 Å². The number of hydrogen-bond donors (Lipinski definition) is 0. The molecule has 0 N–H and O–H groups in total. The Balaban J connectivity index is 2.41. The Morgan fingerprint density at radius 3 is 2.36 bits per heavy atom. The van der Waals surface area contributed by atoms with Gasteiger partial charge in [0.1, 0.15) is 0 Å². The van der Waals surface area contributed by atoms with Crippen LogP contribution >= 0.6 is 22.6 Å². The van der Waals surface area contributed by atoms with Crippen LogP contribution in [0.4, 0.5) is 0 Å². The fraction of sp³-hybridized carbons (Fsp3) is 0.667. The van der Waals surface area contributed by atoms with Gasteiger partial charge < -0.3 is 0 Å². The standard InChI is InChI=1S/C24H39I/c1-5-6-7-8-11-16-23(20-25)22-17-13-15-21(19-22)14-10-9-12-18-24(2,3)4/h13,15,17,19-20H,5-12,14,16,18H2,1-4H3/b23-20+. The highest BCUT2D eigenvalue weighted by molar-refractivity contribution is 14.1. The Hall–Kier alpha value is -0.310. The summed E-state index contributed by atoms with van der Waals surface area (Å²) in [6.07, 6.45) is 14.6. The monoisotopic (exact) mass is 454 g/mol. The Kier molecular flexibility index (Phi) is 11.8. The van der Waals surface area contributed by atoms with Crippen LogP contribution in [0.5, 0.6) is 0 Å². The third-order valence-corrected chi connectivity index (χ3v) is 5.62. The summed E-state index contributed by atoms with van der Waals surface area (Å²) in [5.41, 5.74) is 4.95. The lowest BCUT2D eigenvalue weighted by atomic mass is 9.89. The number of rotatable bonds is 12. The Morgan fingerprint density at radius 2 is 1.68 bits per heavy atom. The van der Waals surface area contributed by atoms with Crippen LogP contribution in [-0.4, -0.2) is 0 Å². The largest absolute Gasteiger partial charge is 0.0654 e. The third-order valence-electron chi connectivity index (χ3n) is 4.87. The number of aryl methyl sites for hydroxylation is 1. The molecule has 0 fully saturated rings. The average Bonchev–Trinajstić information content (AvgIpc) is 2.57. The van der Waals surface area contributed by atoms with Crippen molar-refractivity contribution < 1.29 is 0 Å². The molecular formula is C24H39I. The molecule has 0 nitrogen and oxygen atoms in total. The quantitative estimate of drug-likeness (QED) is 0.218. The van der Waals surface area contributed by atoms with Gasteiger partial charge in [0.2, 0.25) is 0 Å². The van der Waals surface area contributed by atoms with Crippen molar-refractivity contribution in [3.63, 3.8) is 0 Å². The van der Waals surface area contributed by atoms with Crippen LogP contribution in [-0.2, 0) is 6.42 Å². The molecule has 0 radical (unpaired) electrons. The molecule has 0 aliphatic heterocycles. The van der Waals surface area contributed by atoms with Crippen LogP contribution in [0.25, 0.3) is 5.57 Å². The fourth-order valence-corrected chi connectivity index (χ4v) is 3.94. The first-order valence-electron chi connectivity index (χ1n) is 10.3. The maximum atomic E-state index is 2.43. The lowest BCUT2D eigenvalue weighted by Crippen LogP contribution is -2.04. The lowest BCUT2D eigenvalue weighted by Gasteiger charge is -2.17. The highest BCUT2D eigenvalue weighted by Gasteiger charge is 2.09. The number of benzene rings is 1. The number of halogens is 1. The molecule has 1 heteroatoms. The maximum Gasteiger partial charge on any atom is -0.0196 e. The van der Waals surface area contributed by atoms with Gasteiger partial charge in [0.15, 0.2) is 0 Å². The SMILES string of the molecule is CCCCCCC/C(=C\I)c1cccc(CCCCCC(C)(C)C)c1. The molecule has 0 amide bonds. The van der Waals surface area contributed by atoms with Crippen molar-refractivity contribution in [1.29, 1.82) is 0 Å². The molecule has 0 aliphatic rings. The molecule has 1 rings (SSSR count). The van der Waals surface area contributed by atoms with Gasteiger partial charge in [0.25, 0.3) is 0 Å². The normalized spacial score (nSPS) is 12.6. The summed E-state index contributed by atoms with van der Waals surface area (Å²) in [6, 6.07) is 9.27. The van der Waals surface area contributed by atoms with E-state index in [1.165, 1.54) is 87.3 Å². The van der Waals surface area contributed by atoms with E-state index in [2.05, 4.69) is 78.6 Å². The molecule has 1 aromatic carbocycles. The maximum absolute atomic E-state index is 2.43. The van der Waals surface area contributed by atoms with Gasteiger partial charge in [-0.2, -0.15) is 0 Å². The van der Waals surface area contributed by atoms with Gasteiger partial charge in [-0.25, -0.2) is 0 Å². The van der Waals surface area contributed by atoms with Crippen molar-refractivity contribution in [3.8, 4) is 0 Å². The second kappa shape index (κ2) is 12.9. The molecule has 0 bridgehead atoms. The van der Waals surface area contributed by atoms with E-state index < -0.39 is 0 Å². The average molecular weight is 454 g/mol. The van der Waals surface area contributed by atoms with Crippen molar-refractivity contribution in [2.24, 2.45) is 5.41 Å². The zero-order valence-electron chi connectivity index (χ0n) is 17.0. The van der Waals surface area contributed by atoms with Crippen LogP contribution < -0.4 is 0 Å². The summed E-state index contributed by atoms with van der Waals surface area (Å²) in [7, 11) is 0. The van der Waals surface area contributed by atoms with Crippen LogP contribution in [0.2, 0.25) is 0 Å². The van der Waals surface area contributed by atoms with Crippen molar-refractivity contribution in [1.82, 2.24) is 0 Å². The van der Waals surface area contributed by atoms with Crippen LogP contribution in [0, 0.1) is 5.41 Å². The smallest absolute Gasteiger partial charge is 0.0196 e. The topological polar surface area (TPSA) is 0 Å². The molecule has 0 heterocycles. The van der Waals surface area contributed by atoms with Crippen molar-refractivity contribution in [2.45, 2.75) is 98.3 Å². The van der Waals surface area contributed by atoms with Crippen molar-refractivity contribution in [2.75, 3.05) is 0 Å². The first-order chi connectivity index (χ1) is 12.0. The second-order valence-corrected chi connectivity index (χ2v) is 9.24. The minimum Gasteiger partial charge on any atom is -0.0654 e. The highest BCUT2D eigenvalue weighted by atomic mass is 127. The Bertz CT molecular complexity index is 493. The molecule has 142 valence electrons. The summed E-state index contributed by atoms with van der Waals surface area (Å²) in [4.78, 5) is 0. The molecule has 1 aromatic rings. The summed E-state index contributed by atoms with van der Waals surface area (Å²) < 4.78 is 2.29. The van der Waals surface area contributed by atoms with Gasteiger partial charge in [-0.3, -0.25) is 0 Å². The van der Waals surface area contributed by atoms with Gasteiger partial charge >= 0.3 is 0 Å². The summed E-state index contributed by atoms with van der Waals surface area (Å²) >= 11 is 2.42.